The number of nitrogens with zero attached hydrogens (tertiary/aromatic N) is 2. The quantitative estimate of drug-likeness (QED) is 0.626. The maximum atomic E-state index is 12.0. The van der Waals surface area contributed by atoms with Crippen LogP contribution in [0.25, 0.3) is 0 Å². The van der Waals surface area contributed by atoms with E-state index in [2.05, 4.69) is 17.5 Å². The SMILES string of the molecule is Cl.N#C[C@@H]1CCCN1C(=O)CNCCC1=CCCCC1. The predicted octanol–water partition coefficient (Wildman–Crippen LogP) is 2.40. The van der Waals surface area contributed by atoms with E-state index >= 15 is 0 Å². The fraction of sp³-hybridized carbons (Fsp3) is 0.733. The number of hydrogen-bond donors (Lipinski definition) is 1. The summed E-state index contributed by atoms with van der Waals surface area (Å²) in [5.74, 6) is 0.0710. The van der Waals surface area contributed by atoms with E-state index in [9.17, 15) is 4.79 Å². The first kappa shape index (κ1) is 17.0. The minimum absolute atomic E-state index is 0. The number of halogens is 1. The topological polar surface area (TPSA) is 56.1 Å². The van der Waals surface area contributed by atoms with Gasteiger partial charge in [0.2, 0.25) is 5.91 Å². The zero-order valence-corrected chi connectivity index (χ0v) is 12.8. The number of nitriles is 1. The van der Waals surface area contributed by atoms with Crippen molar-refractivity contribution >= 4 is 18.3 Å². The fourth-order valence-electron chi connectivity index (χ4n) is 2.88. The molecule has 1 amide bonds. The monoisotopic (exact) mass is 297 g/mol. The third-order valence-electron chi connectivity index (χ3n) is 4.01. The second kappa shape index (κ2) is 8.99. The Kier molecular flexibility index (Phi) is 7.64. The fourth-order valence-corrected chi connectivity index (χ4v) is 2.88. The van der Waals surface area contributed by atoms with Gasteiger partial charge < -0.3 is 10.2 Å². The Morgan fingerprint density at radius 2 is 2.30 bits per heavy atom. The molecule has 0 bridgehead atoms. The van der Waals surface area contributed by atoms with E-state index in [0.717, 1.165) is 32.4 Å². The van der Waals surface area contributed by atoms with Crippen LogP contribution in [0, 0.1) is 11.3 Å². The maximum absolute atomic E-state index is 12.0. The van der Waals surface area contributed by atoms with Crippen molar-refractivity contribution in [1.29, 1.82) is 5.26 Å². The smallest absolute Gasteiger partial charge is 0.237 e. The van der Waals surface area contributed by atoms with E-state index < -0.39 is 0 Å². The van der Waals surface area contributed by atoms with E-state index in [-0.39, 0.29) is 24.4 Å². The van der Waals surface area contributed by atoms with Gasteiger partial charge in [-0.2, -0.15) is 5.26 Å². The molecule has 112 valence electrons. The summed E-state index contributed by atoms with van der Waals surface area (Å²) in [5.41, 5.74) is 1.53. The first-order valence-electron chi connectivity index (χ1n) is 7.39. The molecule has 0 aromatic rings. The van der Waals surface area contributed by atoms with Crippen LogP contribution in [0.5, 0.6) is 0 Å². The molecule has 2 aliphatic rings. The lowest BCUT2D eigenvalue weighted by molar-refractivity contribution is -0.130. The van der Waals surface area contributed by atoms with Gasteiger partial charge in [0.1, 0.15) is 6.04 Å². The molecular formula is C15H24ClN3O. The lowest BCUT2D eigenvalue weighted by Crippen LogP contribution is -2.40. The first-order valence-corrected chi connectivity index (χ1v) is 7.39. The minimum atomic E-state index is -0.199. The number of hydrogen-bond acceptors (Lipinski definition) is 3. The molecule has 1 saturated heterocycles. The van der Waals surface area contributed by atoms with E-state index in [1.54, 1.807) is 4.90 Å². The second-order valence-corrected chi connectivity index (χ2v) is 5.41. The van der Waals surface area contributed by atoms with Gasteiger partial charge in [0.15, 0.2) is 0 Å². The Bertz CT molecular complexity index is 389. The first-order chi connectivity index (χ1) is 9.31. The van der Waals surface area contributed by atoms with Gasteiger partial charge >= 0.3 is 0 Å². The van der Waals surface area contributed by atoms with Crippen LogP contribution in [0.2, 0.25) is 0 Å². The predicted molar refractivity (Wildman–Crippen MR) is 81.6 cm³/mol. The molecular weight excluding hydrogens is 274 g/mol. The minimum Gasteiger partial charge on any atom is -0.326 e. The summed E-state index contributed by atoms with van der Waals surface area (Å²) in [6, 6.07) is 2.01. The maximum Gasteiger partial charge on any atom is 0.237 e. The van der Waals surface area contributed by atoms with E-state index in [1.165, 1.54) is 31.3 Å². The number of likely N-dealkylation sites (tertiary alicyclic amines) is 1. The highest BCUT2D eigenvalue weighted by Gasteiger charge is 2.27. The van der Waals surface area contributed by atoms with Crippen molar-refractivity contribution < 1.29 is 4.79 Å². The molecule has 1 aliphatic heterocycles. The molecule has 0 aromatic carbocycles. The number of amides is 1. The van der Waals surface area contributed by atoms with E-state index in [0.29, 0.717) is 6.54 Å². The van der Waals surface area contributed by atoms with Gasteiger partial charge in [-0.15, -0.1) is 12.4 Å². The molecule has 4 nitrogen and oxygen atoms in total. The van der Waals surface area contributed by atoms with Gasteiger partial charge in [-0.1, -0.05) is 11.6 Å². The Hall–Kier alpha value is -1.05. The van der Waals surface area contributed by atoms with Crippen molar-refractivity contribution in [3.63, 3.8) is 0 Å². The van der Waals surface area contributed by atoms with Crippen LogP contribution in [0.15, 0.2) is 11.6 Å². The number of allylic oxidation sites excluding steroid dienone is 1. The Labute approximate surface area is 127 Å². The van der Waals surface area contributed by atoms with Crippen LogP contribution in [0.4, 0.5) is 0 Å². The highest BCUT2D eigenvalue weighted by Crippen LogP contribution is 2.19. The largest absolute Gasteiger partial charge is 0.326 e. The van der Waals surface area contributed by atoms with Crippen LogP contribution < -0.4 is 5.32 Å². The van der Waals surface area contributed by atoms with Crippen LogP contribution in [0.3, 0.4) is 0 Å². The molecule has 1 heterocycles. The highest BCUT2D eigenvalue weighted by molar-refractivity contribution is 5.85. The second-order valence-electron chi connectivity index (χ2n) is 5.41. The summed E-state index contributed by atoms with van der Waals surface area (Å²) in [5, 5.41) is 12.2. The Balaban J connectivity index is 0.00000200. The van der Waals surface area contributed by atoms with Crippen LogP contribution in [0.1, 0.15) is 44.9 Å². The molecule has 1 N–H and O–H groups in total. The normalized spacial score (nSPS) is 21.9. The third-order valence-corrected chi connectivity index (χ3v) is 4.01. The van der Waals surface area contributed by atoms with Gasteiger partial charge in [-0.3, -0.25) is 4.79 Å². The van der Waals surface area contributed by atoms with Crippen molar-refractivity contribution in [2.45, 2.75) is 51.0 Å². The number of carbonyl (C=O) groups is 1. The van der Waals surface area contributed by atoms with Crippen molar-refractivity contribution in [3.8, 4) is 6.07 Å². The molecule has 2 rings (SSSR count). The van der Waals surface area contributed by atoms with Crippen LogP contribution >= 0.6 is 12.4 Å². The molecule has 0 saturated carbocycles. The van der Waals surface area contributed by atoms with Gasteiger partial charge in [0.25, 0.3) is 0 Å². The molecule has 0 aromatic heterocycles. The summed E-state index contributed by atoms with van der Waals surface area (Å²) < 4.78 is 0. The van der Waals surface area contributed by atoms with E-state index in [4.69, 9.17) is 5.26 Å². The standard InChI is InChI=1S/C15H23N3O.ClH/c16-11-14-7-4-10-18(14)15(19)12-17-9-8-13-5-2-1-3-6-13;/h5,14,17H,1-4,6-10,12H2;1H/t14-;/m0./s1. The molecule has 5 heteroatoms. The molecule has 0 radical (unpaired) electrons. The van der Waals surface area contributed by atoms with Gasteiger partial charge in [0.05, 0.1) is 12.6 Å². The lowest BCUT2D eigenvalue weighted by Gasteiger charge is -2.20. The highest BCUT2D eigenvalue weighted by atomic mass is 35.5. The Morgan fingerprint density at radius 3 is 3.00 bits per heavy atom. The van der Waals surface area contributed by atoms with Crippen LogP contribution in [-0.2, 0) is 4.79 Å². The van der Waals surface area contributed by atoms with Gasteiger partial charge in [0, 0.05) is 6.54 Å². The molecule has 0 spiro atoms. The third kappa shape index (κ3) is 4.81. The van der Waals surface area contributed by atoms with Crippen molar-refractivity contribution in [2.75, 3.05) is 19.6 Å². The molecule has 20 heavy (non-hydrogen) atoms. The number of carbonyl (C=O) groups excluding carboxylic acids is 1. The molecule has 1 atom stereocenters. The van der Waals surface area contributed by atoms with Gasteiger partial charge in [-0.05, 0) is 51.5 Å². The molecule has 0 unspecified atom stereocenters. The average Bonchev–Trinajstić information content (AvgIpc) is 2.93. The lowest BCUT2D eigenvalue weighted by atomic mass is 9.97. The summed E-state index contributed by atoms with van der Waals surface area (Å²) >= 11 is 0. The molecule has 1 aliphatic carbocycles. The van der Waals surface area contributed by atoms with Gasteiger partial charge in [-0.25, -0.2) is 0 Å². The van der Waals surface area contributed by atoms with E-state index in [1.807, 2.05) is 0 Å². The van der Waals surface area contributed by atoms with Crippen LogP contribution in [-0.4, -0.2) is 36.5 Å². The summed E-state index contributed by atoms with van der Waals surface area (Å²) in [4.78, 5) is 13.7. The zero-order valence-electron chi connectivity index (χ0n) is 11.9. The summed E-state index contributed by atoms with van der Waals surface area (Å²) in [6.07, 6.45) is 10.2. The molecule has 1 fully saturated rings. The zero-order chi connectivity index (χ0) is 13.5. The van der Waals surface area contributed by atoms with Crippen molar-refractivity contribution in [3.05, 3.63) is 11.6 Å². The van der Waals surface area contributed by atoms with Crippen molar-refractivity contribution in [1.82, 2.24) is 10.2 Å². The number of nitrogens with one attached hydrogen (secondary N) is 1. The van der Waals surface area contributed by atoms with Crippen molar-refractivity contribution in [2.24, 2.45) is 0 Å². The average molecular weight is 298 g/mol. The Morgan fingerprint density at radius 1 is 1.45 bits per heavy atom. The summed E-state index contributed by atoms with van der Waals surface area (Å²) in [6.45, 7) is 1.97. The number of rotatable bonds is 5. The summed E-state index contributed by atoms with van der Waals surface area (Å²) in [7, 11) is 0.